The predicted octanol–water partition coefficient (Wildman–Crippen LogP) is 11.3. The summed E-state index contributed by atoms with van der Waals surface area (Å²) in [4.78, 5) is 7.57. The standard InChI is InChI=1S/C18H33P.C6H10.2C5H5N.2ClH.Ru/c1-4-10-16(11-5-1)19(17-12-6-2-7-13-17)18-14-8-3-9-15-18;1-5-6(2,3)4;2*1-2-4-6-5-3-1;;;/h16-18H,1-15H2;5H,2-4H3;2*1-5H;2*1H;/q;;;;;;+2/p-1. The number of allylic oxidation sites excluding steroid dienone is 1. The van der Waals surface area contributed by atoms with E-state index in [0.29, 0.717) is 0 Å². The number of aromatic nitrogens is 2. The topological polar surface area (TPSA) is 25.8 Å². The third kappa shape index (κ3) is 17.5. The summed E-state index contributed by atoms with van der Waals surface area (Å²) in [6.07, 6.45) is 32.7. The Morgan fingerprint density at radius 1 is 0.600 bits per heavy atom. The van der Waals surface area contributed by atoms with Crippen LogP contribution in [0.1, 0.15) is 117 Å². The van der Waals surface area contributed by atoms with Crippen LogP contribution in [0, 0.1) is 5.41 Å². The largest absolute Gasteiger partial charge is 0.265 e. The molecule has 0 aromatic carbocycles. The van der Waals surface area contributed by atoms with Gasteiger partial charge in [-0.3, -0.25) is 9.97 Å². The van der Waals surface area contributed by atoms with Crippen LogP contribution in [0.5, 0.6) is 0 Å². The molecular weight excluding hydrogens is 639 g/mol. The summed E-state index contributed by atoms with van der Waals surface area (Å²) < 4.78 is 2.93. The molecule has 0 saturated heterocycles. The number of hydrogen-bond donors (Lipinski definition) is 0. The van der Waals surface area contributed by atoms with Crippen molar-refractivity contribution in [1.82, 2.24) is 9.97 Å². The van der Waals surface area contributed by atoms with Gasteiger partial charge in [0.2, 0.25) is 0 Å². The van der Waals surface area contributed by atoms with Crippen molar-refractivity contribution >= 4 is 31.6 Å². The molecule has 40 heavy (non-hydrogen) atoms. The van der Waals surface area contributed by atoms with Gasteiger partial charge in [-0.2, -0.15) is 0 Å². The van der Waals surface area contributed by atoms with Crippen LogP contribution in [-0.2, 0) is 13.5 Å². The predicted molar refractivity (Wildman–Crippen MR) is 178 cm³/mol. The van der Waals surface area contributed by atoms with Crippen molar-refractivity contribution in [3.63, 3.8) is 0 Å². The van der Waals surface area contributed by atoms with Crippen LogP contribution >= 0.6 is 27.3 Å². The first-order chi connectivity index (χ1) is 19.4. The van der Waals surface area contributed by atoms with Crippen LogP contribution in [0.3, 0.4) is 0 Å². The van der Waals surface area contributed by atoms with Crippen molar-refractivity contribution < 1.29 is 13.5 Å². The normalized spacial score (nSPS) is 18.9. The molecule has 2 aromatic rings. The van der Waals surface area contributed by atoms with E-state index < -0.39 is 13.5 Å². The summed E-state index contributed by atoms with van der Waals surface area (Å²) in [6, 6.07) is 11.4. The molecule has 2 heterocycles. The van der Waals surface area contributed by atoms with Gasteiger partial charge in [0.15, 0.2) is 0 Å². The van der Waals surface area contributed by atoms with E-state index in [4.69, 9.17) is 19.4 Å². The van der Waals surface area contributed by atoms with Gasteiger partial charge in [0.05, 0.1) is 17.0 Å². The number of pyridine rings is 2. The van der Waals surface area contributed by atoms with Gasteiger partial charge in [-0.15, -0.1) is 0 Å². The molecule has 3 aliphatic rings. The smallest absolute Gasteiger partial charge is 0.0267 e. The summed E-state index contributed by atoms with van der Waals surface area (Å²) in [7, 11) is 11.1. The van der Waals surface area contributed by atoms with Gasteiger partial charge in [0, 0.05) is 32.7 Å². The minimum Gasteiger partial charge on any atom is -0.265 e. The van der Waals surface area contributed by atoms with Crippen molar-refractivity contribution in [3.05, 3.63) is 67.3 Å². The van der Waals surface area contributed by atoms with Crippen LogP contribution in [-0.4, -0.2) is 31.2 Å². The first-order valence-corrected chi connectivity index (χ1v) is 22.6. The molecule has 0 aliphatic heterocycles. The summed E-state index contributed by atoms with van der Waals surface area (Å²) in [5, 5.41) is 0. The van der Waals surface area contributed by atoms with Crippen LogP contribution in [0.15, 0.2) is 67.3 Å². The Labute approximate surface area is 260 Å². The second-order valence-electron chi connectivity index (χ2n) is 12.4. The average Bonchev–Trinajstić information content (AvgIpc) is 3.00. The molecule has 5 rings (SSSR count). The minimum absolute atomic E-state index is 0.0465. The number of rotatable bonds is 3. The molecule has 0 atom stereocenters. The van der Waals surface area contributed by atoms with Gasteiger partial charge in [-0.1, -0.05) is 31.4 Å². The van der Waals surface area contributed by atoms with E-state index in [1.54, 1.807) is 121 Å². The molecule has 0 N–H and O–H groups in total. The first kappa shape index (κ1) is 35.8. The Balaban J connectivity index is 0.000000220. The van der Waals surface area contributed by atoms with Gasteiger partial charge in [0.1, 0.15) is 0 Å². The van der Waals surface area contributed by atoms with Crippen molar-refractivity contribution in [1.29, 1.82) is 0 Å². The molecule has 3 aliphatic carbocycles. The fourth-order valence-electron chi connectivity index (χ4n) is 6.12. The summed E-state index contributed by atoms with van der Waals surface area (Å²) in [6.45, 7) is 6.27. The molecule has 3 saturated carbocycles. The number of nitrogens with zero attached hydrogens (tertiary/aromatic N) is 2. The second-order valence-corrected chi connectivity index (χ2v) is 21.2. The maximum atomic E-state index is 5.55. The van der Waals surface area contributed by atoms with Gasteiger partial charge in [0.25, 0.3) is 0 Å². The van der Waals surface area contributed by atoms with Crippen molar-refractivity contribution in [2.45, 2.75) is 134 Å². The van der Waals surface area contributed by atoms with Gasteiger partial charge >= 0.3 is 69.4 Å². The molecule has 0 unspecified atom stereocenters. The summed E-state index contributed by atoms with van der Waals surface area (Å²) in [5.41, 5.74) is 3.84. The SMILES string of the molecule is C1CCC([PH+](C2CCCCC2)C2CCCCC2)CC1.CC(C)(C)C=[C]=[Ru]([Cl])[Cl].c1ccncc1.c1ccncc1. The van der Waals surface area contributed by atoms with Gasteiger partial charge in [-0.25, -0.2) is 0 Å². The Bertz CT molecular complexity index is 782. The van der Waals surface area contributed by atoms with Crippen LogP contribution in [0.2, 0.25) is 0 Å². The van der Waals surface area contributed by atoms with Gasteiger partial charge in [-0.05, 0) is 101 Å². The maximum Gasteiger partial charge on any atom is 0.0267 e. The van der Waals surface area contributed by atoms with Crippen LogP contribution < -0.4 is 0 Å². The summed E-state index contributed by atoms with van der Waals surface area (Å²) >= 11 is -1.67. The molecular formula is C34H54Cl2N2PRu+. The van der Waals surface area contributed by atoms with E-state index in [1.807, 2.05) is 42.5 Å². The molecule has 0 radical (unpaired) electrons. The average molecular weight is 694 g/mol. The molecule has 6 heteroatoms. The Hall–Kier alpha value is -0.417. The first-order valence-electron chi connectivity index (χ1n) is 15.5. The van der Waals surface area contributed by atoms with Gasteiger partial charge < -0.3 is 0 Å². The van der Waals surface area contributed by atoms with Crippen molar-refractivity contribution in [3.8, 4) is 0 Å². The monoisotopic (exact) mass is 693 g/mol. The molecule has 0 amide bonds. The zero-order valence-electron chi connectivity index (χ0n) is 25.2. The van der Waals surface area contributed by atoms with Crippen molar-refractivity contribution in [2.24, 2.45) is 5.41 Å². The molecule has 226 valence electrons. The number of hydrogen-bond acceptors (Lipinski definition) is 2. The molecule has 2 aromatic heterocycles. The zero-order valence-corrected chi connectivity index (χ0v) is 29.4. The Morgan fingerprint density at radius 2 is 0.925 bits per heavy atom. The van der Waals surface area contributed by atoms with E-state index in [0.717, 1.165) is 0 Å². The second kappa shape index (κ2) is 22.2. The quantitative estimate of drug-likeness (QED) is 0.236. The van der Waals surface area contributed by atoms with Crippen molar-refractivity contribution in [2.75, 3.05) is 0 Å². The van der Waals surface area contributed by atoms with E-state index in [2.05, 4.69) is 35.0 Å². The molecule has 3 fully saturated rings. The Kier molecular flexibility index (Phi) is 19.8. The molecule has 0 bridgehead atoms. The van der Waals surface area contributed by atoms with E-state index >= 15 is 0 Å². The van der Waals surface area contributed by atoms with E-state index in [9.17, 15) is 0 Å². The number of halogens is 2. The van der Waals surface area contributed by atoms with Crippen LogP contribution in [0.4, 0.5) is 0 Å². The molecule has 0 spiro atoms. The van der Waals surface area contributed by atoms with E-state index in [1.165, 1.54) is 17.0 Å². The fourth-order valence-corrected chi connectivity index (χ4v) is 12.7. The zero-order chi connectivity index (χ0) is 28.9. The minimum atomic E-state index is -1.67. The van der Waals surface area contributed by atoms with Crippen LogP contribution in [0.25, 0.3) is 0 Å². The maximum absolute atomic E-state index is 5.55. The third-order valence-electron chi connectivity index (χ3n) is 7.92. The fraction of sp³-hybridized carbons (Fsp3) is 0.647. The summed E-state index contributed by atoms with van der Waals surface area (Å²) in [5.74, 6) is 0. The molecule has 2 nitrogen and oxygen atoms in total. The third-order valence-corrected chi connectivity index (χ3v) is 14.0. The Morgan fingerprint density at radius 3 is 1.10 bits per heavy atom. The van der Waals surface area contributed by atoms with E-state index in [-0.39, 0.29) is 13.3 Å².